The lowest BCUT2D eigenvalue weighted by atomic mass is 9.85. The molecule has 0 atom stereocenters. The van der Waals surface area contributed by atoms with Crippen LogP contribution in [0.5, 0.6) is 5.75 Å². The van der Waals surface area contributed by atoms with E-state index in [-0.39, 0.29) is 18.3 Å². The highest BCUT2D eigenvalue weighted by Gasteiger charge is 2.36. The van der Waals surface area contributed by atoms with Gasteiger partial charge in [0, 0.05) is 30.7 Å². The minimum Gasteiger partial charge on any atom is -0.480 e. The van der Waals surface area contributed by atoms with E-state index in [1.807, 2.05) is 0 Å². The van der Waals surface area contributed by atoms with Gasteiger partial charge in [0.25, 0.3) is 0 Å². The Labute approximate surface area is 146 Å². The highest BCUT2D eigenvalue weighted by molar-refractivity contribution is 5.69. The van der Waals surface area contributed by atoms with Crippen molar-refractivity contribution in [3.05, 3.63) is 29.8 Å². The quantitative estimate of drug-likeness (QED) is 0.676. The summed E-state index contributed by atoms with van der Waals surface area (Å²) in [6, 6.07) is 7.34. The first kappa shape index (κ1) is 18.1. The molecule has 0 saturated heterocycles. The molecule has 138 valence electrons. The molecule has 3 rings (SSSR count). The Morgan fingerprint density at radius 3 is 2.68 bits per heavy atom. The molecule has 2 aliphatic rings. The van der Waals surface area contributed by atoms with Gasteiger partial charge in [0.2, 0.25) is 0 Å². The molecule has 0 radical (unpaired) electrons. The monoisotopic (exact) mass is 354 g/mol. The van der Waals surface area contributed by atoms with Crippen molar-refractivity contribution in [2.24, 2.45) is 5.92 Å². The highest BCUT2D eigenvalue weighted by atomic mass is 19.3. The molecule has 0 spiro atoms. The number of hydrogen-bond acceptors (Lipinski definition) is 4. The fourth-order valence-corrected chi connectivity index (χ4v) is 3.32. The van der Waals surface area contributed by atoms with Crippen molar-refractivity contribution in [2.75, 3.05) is 13.1 Å². The van der Waals surface area contributed by atoms with Gasteiger partial charge in [-0.15, -0.1) is 0 Å². The van der Waals surface area contributed by atoms with Crippen LogP contribution in [0.3, 0.4) is 0 Å². The molecule has 0 aromatic heterocycles. The van der Waals surface area contributed by atoms with Crippen molar-refractivity contribution in [2.45, 2.75) is 50.9 Å². The van der Waals surface area contributed by atoms with Crippen LogP contribution in [0.2, 0.25) is 0 Å². The summed E-state index contributed by atoms with van der Waals surface area (Å²) in [5.74, 6) is 0.0713. The van der Waals surface area contributed by atoms with Gasteiger partial charge in [-0.05, 0) is 37.7 Å². The fraction of sp³-hybridized carbons (Fsp3) is 0.611. The molecule has 2 fully saturated rings. The minimum absolute atomic E-state index is 0.0962. The first-order valence-corrected chi connectivity index (χ1v) is 8.73. The molecule has 7 heteroatoms. The molecule has 1 aromatic rings. The molecule has 0 heterocycles. The summed E-state index contributed by atoms with van der Waals surface area (Å²) in [5.41, 5.74) is 0.701. The Hall–Kier alpha value is -1.73. The number of para-hydroxylation sites is 1. The number of hydrogen-bond donors (Lipinski definition) is 2. The molecule has 0 unspecified atom stereocenters. The number of carbonyl (C=O) groups is 1. The number of aliphatic carboxylic acids is 1. The lowest BCUT2D eigenvalue weighted by molar-refractivity contribution is -0.139. The Bertz CT molecular complexity index is 589. The average molecular weight is 354 g/mol. The zero-order chi connectivity index (χ0) is 17.8. The summed E-state index contributed by atoms with van der Waals surface area (Å²) in [6.45, 7) is -1.41. The van der Waals surface area contributed by atoms with Gasteiger partial charge in [-0.3, -0.25) is 9.69 Å². The standard InChI is InChI=1S/C18H24F2N2O3/c19-18(20)25-16-4-2-1-3-13(16)9-21-14-7-15(8-14)22(11-17(23)24)10-12-5-6-12/h1-4,12,14-15,18,21H,5-11H2,(H,23,24). The van der Waals surface area contributed by atoms with E-state index in [9.17, 15) is 13.6 Å². The Morgan fingerprint density at radius 2 is 2.04 bits per heavy atom. The Kier molecular flexibility index (Phi) is 5.86. The second kappa shape index (κ2) is 8.10. The predicted molar refractivity (Wildman–Crippen MR) is 88.7 cm³/mol. The molecule has 1 aromatic carbocycles. The molecule has 0 amide bonds. The number of nitrogens with one attached hydrogen (secondary N) is 1. The van der Waals surface area contributed by atoms with E-state index >= 15 is 0 Å². The van der Waals surface area contributed by atoms with Crippen molar-refractivity contribution >= 4 is 5.97 Å². The smallest absolute Gasteiger partial charge is 0.387 e. The van der Waals surface area contributed by atoms with Crippen molar-refractivity contribution < 1.29 is 23.4 Å². The molecule has 2 saturated carbocycles. The maximum Gasteiger partial charge on any atom is 0.387 e. The summed E-state index contributed by atoms with van der Waals surface area (Å²) in [5, 5.41) is 12.4. The number of alkyl halides is 2. The van der Waals surface area contributed by atoms with Gasteiger partial charge in [0.1, 0.15) is 5.75 Å². The molecule has 0 bridgehead atoms. The van der Waals surface area contributed by atoms with Gasteiger partial charge >= 0.3 is 12.6 Å². The zero-order valence-electron chi connectivity index (χ0n) is 14.0. The van der Waals surface area contributed by atoms with Crippen LogP contribution in [0.25, 0.3) is 0 Å². The van der Waals surface area contributed by atoms with Gasteiger partial charge in [-0.25, -0.2) is 0 Å². The van der Waals surface area contributed by atoms with Crippen molar-refractivity contribution in [1.82, 2.24) is 10.2 Å². The van der Waals surface area contributed by atoms with Crippen LogP contribution in [0.4, 0.5) is 8.78 Å². The average Bonchev–Trinajstić information content (AvgIpc) is 3.30. The molecule has 2 aliphatic carbocycles. The number of nitrogens with zero attached hydrogens (tertiary/aromatic N) is 1. The first-order valence-electron chi connectivity index (χ1n) is 8.73. The molecule has 5 nitrogen and oxygen atoms in total. The van der Waals surface area contributed by atoms with E-state index in [0.717, 1.165) is 19.4 Å². The van der Waals surface area contributed by atoms with Crippen LogP contribution < -0.4 is 10.1 Å². The second-order valence-corrected chi connectivity index (χ2v) is 6.96. The summed E-state index contributed by atoms with van der Waals surface area (Å²) >= 11 is 0. The van der Waals surface area contributed by atoms with Crippen molar-refractivity contribution in [1.29, 1.82) is 0 Å². The number of rotatable bonds is 10. The minimum atomic E-state index is -2.83. The predicted octanol–water partition coefficient (Wildman–Crippen LogP) is 2.71. The van der Waals surface area contributed by atoms with E-state index in [2.05, 4.69) is 15.0 Å². The third-order valence-electron chi connectivity index (χ3n) is 4.93. The first-order chi connectivity index (χ1) is 12.0. The van der Waals surface area contributed by atoms with Crippen LogP contribution in [0, 0.1) is 5.92 Å². The maximum absolute atomic E-state index is 12.4. The topological polar surface area (TPSA) is 61.8 Å². The van der Waals surface area contributed by atoms with Crippen LogP contribution in [0.15, 0.2) is 24.3 Å². The van der Waals surface area contributed by atoms with E-state index in [1.54, 1.807) is 18.2 Å². The summed E-state index contributed by atoms with van der Waals surface area (Å²) in [6.07, 6.45) is 4.17. The van der Waals surface area contributed by atoms with Gasteiger partial charge in [-0.1, -0.05) is 18.2 Å². The molecule has 0 aliphatic heterocycles. The fourth-order valence-electron chi connectivity index (χ4n) is 3.32. The van der Waals surface area contributed by atoms with Crippen LogP contribution >= 0.6 is 0 Å². The van der Waals surface area contributed by atoms with Crippen molar-refractivity contribution in [3.63, 3.8) is 0 Å². The SMILES string of the molecule is O=C(O)CN(CC1CC1)C1CC(NCc2ccccc2OC(F)F)C1. The van der Waals surface area contributed by atoms with E-state index in [0.29, 0.717) is 24.1 Å². The summed E-state index contributed by atoms with van der Waals surface area (Å²) in [4.78, 5) is 13.1. The van der Waals surface area contributed by atoms with Gasteiger partial charge in [0.05, 0.1) is 6.54 Å². The molecule has 2 N–H and O–H groups in total. The van der Waals surface area contributed by atoms with Gasteiger partial charge in [0.15, 0.2) is 0 Å². The Balaban J connectivity index is 1.46. The number of benzene rings is 1. The summed E-state index contributed by atoms with van der Waals surface area (Å²) in [7, 11) is 0. The lowest BCUT2D eigenvalue weighted by Gasteiger charge is -2.43. The third kappa shape index (κ3) is 5.37. The Morgan fingerprint density at radius 1 is 1.32 bits per heavy atom. The number of ether oxygens (including phenoxy) is 1. The molecular weight excluding hydrogens is 330 g/mol. The molecular formula is C18H24F2N2O3. The van der Waals surface area contributed by atoms with Crippen LogP contribution in [-0.4, -0.2) is 47.8 Å². The third-order valence-corrected chi connectivity index (χ3v) is 4.93. The van der Waals surface area contributed by atoms with E-state index in [1.165, 1.54) is 18.9 Å². The molecule has 25 heavy (non-hydrogen) atoms. The summed E-state index contributed by atoms with van der Waals surface area (Å²) < 4.78 is 29.4. The number of carboxylic acids is 1. The van der Waals surface area contributed by atoms with Crippen LogP contribution in [0.1, 0.15) is 31.2 Å². The van der Waals surface area contributed by atoms with Gasteiger partial charge in [-0.2, -0.15) is 8.78 Å². The van der Waals surface area contributed by atoms with Gasteiger partial charge < -0.3 is 15.2 Å². The van der Waals surface area contributed by atoms with Crippen LogP contribution in [-0.2, 0) is 11.3 Å². The normalized spacial score (nSPS) is 22.9. The van der Waals surface area contributed by atoms with E-state index < -0.39 is 12.6 Å². The zero-order valence-corrected chi connectivity index (χ0v) is 14.0. The second-order valence-electron chi connectivity index (χ2n) is 6.96. The lowest BCUT2D eigenvalue weighted by Crippen LogP contribution is -2.54. The number of halogens is 2. The highest BCUT2D eigenvalue weighted by Crippen LogP contribution is 2.34. The van der Waals surface area contributed by atoms with E-state index in [4.69, 9.17) is 5.11 Å². The maximum atomic E-state index is 12.4. The number of carboxylic acid groups (broad SMARTS) is 1. The largest absolute Gasteiger partial charge is 0.480 e. The van der Waals surface area contributed by atoms with Crippen molar-refractivity contribution in [3.8, 4) is 5.75 Å².